The lowest BCUT2D eigenvalue weighted by Gasteiger charge is -2.33. The molecule has 0 unspecified atom stereocenters. The van der Waals surface area contributed by atoms with Gasteiger partial charge in [-0.1, -0.05) is 41.9 Å². The first kappa shape index (κ1) is 23.2. The summed E-state index contributed by atoms with van der Waals surface area (Å²) in [6.07, 6.45) is 1.11. The van der Waals surface area contributed by atoms with Crippen LogP contribution in [-0.2, 0) is 23.3 Å². The lowest BCUT2D eigenvalue weighted by molar-refractivity contribution is -0.132. The summed E-state index contributed by atoms with van der Waals surface area (Å²) in [5.74, 6) is -0.107. The molecule has 1 saturated heterocycles. The predicted molar refractivity (Wildman–Crippen MR) is 132 cm³/mol. The number of hydrogen-bond acceptors (Lipinski definition) is 4. The van der Waals surface area contributed by atoms with E-state index in [-0.39, 0.29) is 12.3 Å². The SMILES string of the molecule is Cc1cc(C(=O)CN2C(=O)N[C@]3(CCOc4ccccc43)C2=O)c(C)n1CCc1ccc(Cl)cc1. The molecule has 1 N–H and O–H groups in total. The molecule has 1 aromatic heterocycles. The number of carbonyl (C=O) groups is 3. The molecular formula is C27H26ClN3O4. The minimum atomic E-state index is -1.19. The average molecular weight is 492 g/mol. The van der Waals surface area contributed by atoms with Gasteiger partial charge in [0, 0.05) is 40.5 Å². The third-order valence-corrected chi connectivity index (χ3v) is 7.22. The van der Waals surface area contributed by atoms with Crippen LogP contribution in [0.4, 0.5) is 4.79 Å². The fraction of sp³-hybridized carbons (Fsp3) is 0.296. The van der Waals surface area contributed by atoms with E-state index in [9.17, 15) is 14.4 Å². The maximum Gasteiger partial charge on any atom is 0.325 e. The van der Waals surface area contributed by atoms with Gasteiger partial charge >= 0.3 is 6.03 Å². The first-order valence-corrected chi connectivity index (χ1v) is 12.0. The molecule has 0 radical (unpaired) electrons. The Morgan fingerprint density at radius 2 is 1.86 bits per heavy atom. The second-order valence-corrected chi connectivity index (χ2v) is 9.49. The first-order chi connectivity index (χ1) is 16.8. The highest BCUT2D eigenvalue weighted by molar-refractivity contribution is 6.30. The summed E-state index contributed by atoms with van der Waals surface area (Å²) in [7, 11) is 0. The van der Waals surface area contributed by atoms with Crippen molar-refractivity contribution in [3.05, 3.63) is 87.7 Å². The van der Waals surface area contributed by atoms with Crippen molar-refractivity contribution < 1.29 is 19.1 Å². The fourth-order valence-corrected chi connectivity index (χ4v) is 5.19. The largest absolute Gasteiger partial charge is 0.493 e. The van der Waals surface area contributed by atoms with Gasteiger partial charge in [0.25, 0.3) is 5.91 Å². The van der Waals surface area contributed by atoms with E-state index in [1.807, 2.05) is 50.2 Å². The molecule has 5 rings (SSSR count). The van der Waals surface area contributed by atoms with Gasteiger partial charge in [-0.25, -0.2) is 4.79 Å². The van der Waals surface area contributed by atoms with E-state index in [4.69, 9.17) is 16.3 Å². The molecule has 2 aliphatic rings. The molecule has 3 amide bonds. The molecule has 3 heterocycles. The molecule has 0 bridgehead atoms. The molecule has 0 aliphatic carbocycles. The van der Waals surface area contributed by atoms with Crippen LogP contribution < -0.4 is 10.1 Å². The zero-order chi connectivity index (χ0) is 24.7. The van der Waals surface area contributed by atoms with E-state index in [2.05, 4.69) is 9.88 Å². The van der Waals surface area contributed by atoms with Gasteiger partial charge in [0.15, 0.2) is 11.3 Å². The molecule has 8 heteroatoms. The van der Waals surface area contributed by atoms with E-state index in [0.717, 1.165) is 28.3 Å². The molecule has 3 aromatic rings. The predicted octanol–water partition coefficient (Wildman–Crippen LogP) is 4.41. The Bertz CT molecular complexity index is 1330. The van der Waals surface area contributed by atoms with Crippen LogP contribution in [0.25, 0.3) is 0 Å². The zero-order valence-corrected chi connectivity index (χ0v) is 20.4. The Balaban J connectivity index is 1.34. The lowest BCUT2D eigenvalue weighted by atomic mass is 9.84. The summed E-state index contributed by atoms with van der Waals surface area (Å²) in [4.78, 5) is 40.7. The van der Waals surface area contributed by atoms with E-state index in [1.54, 1.807) is 18.2 Å². The average Bonchev–Trinajstić information content (AvgIpc) is 3.26. The van der Waals surface area contributed by atoms with E-state index in [1.165, 1.54) is 0 Å². The number of para-hydroxylation sites is 1. The molecule has 35 heavy (non-hydrogen) atoms. The smallest absolute Gasteiger partial charge is 0.325 e. The summed E-state index contributed by atoms with van der Waals surface area (Å²) < 4.78 is 7.76. The Kier molecular flexibility index (Phi) is 5.89. The van der Waals surface area contributed by atoms with Crippen molar-refractivity contribution in [2.75, 3.05) is 13.2 Å². The van der Waals surface area contributed by atoms with Gasteiger partial charge in [-0.15, -0.1) is 0 Å². The molecule has 1 spiro atoms. The molecule has 2 aliphatic heterocycles. The Morgan fingerprint density at radius 1 is 1.11 bits per heavy atom. The summed E-state index contributed by atoms with van der Waals surface area (Å²) in [5, 5.41) is 3.54. The van der Waals surface area contributed by atoms with Crippen LogP contribution in [-0.4, -0.2) is 40.3 Å². The number of hydrogen-bond donors (Lipinski definition) is 1. The second kappa shape index (κ2) is 8.89. The number of halogens is 1. The van der Waals surface area contributed by atoms with E-state index >= 15 is 0 Å². The highest BCUT2D eigenvalue weighted by atomic mass is 35.5. The van der Waals surface area contributed by atoms with Crippen LogP contribution in [0.1, 0.15) is 39.3 Å². The van der Waals surface area contributed by atoms with Gasteiger partial charge in [0.05, 0.1) is 13.2 Å². The van der Waals surface area contributed by atoms with Crippen LogP contribution in [0.3, 0.4) is 0 Å². The minimum Gasteiger partial charge on any atom is -0.493 e. The van der Waals surface area contributed by atoms with Crippen LogP contribution >= 0.6 is 11.6 Å². The molecule has 1 fully saturated rings. The fourth-order valence-electron chi connectivity index (χ4n) is 5.06. The number of imide groups is 1. The number of carbonyl (C=O) groups excluding carboxylic acids is 3. The standard InChI is InChI=1S/C27H26ClN3O4/c1-17-15-21(18(2)30(17)13-11-19-7-9-20(28)10-8-19)23(32)16-31-25(33)27(29-26(31)34)12-14-35-24-6-4-3-5-22(24)27/h3-10,15H,11-14,16H2,1-2H3,(H,29,34)/t27-/m0/s1. The molecular weight excluding hydrogens is 466 g/mol. The third kappa shape index (κ3) is 4.00. The monoisotopic (exact) mass is 491 g/mol. The quantitative estimate of drug-likeness (QED) is 0.409. The van der Waals surface area contributed by atoms with Crippen molar-refractivity contribution in [1.82, 2.24) is 14.8 Å². The summed E-state index contributed by atoms with van der Waals surface area (Å²) in [6, 6.07) is 16.2. The van der Waals surface area contributed by atoms with Crippen LogP contribution in [0, 0.1) is 13.8 Å². The number of nitrogens with zero attached hydrogens (tertiary/aromatic N) is 2. The van der Waals surface area contributed by atoms with Gasteiger partial charge in [-0.2, -0.15) is 0 Å². The van der Waals surface area contributed by atoms with Crippen molar-refractivity contribution in [3.8, 4) is 5.75 Å². The number of ether oxygens (including phenoxy) is 1. The number of aromatic nitrogens is 1. The van der Waals surface area contributed by atoms with Crippen molar-refractivity contribution in [1.29, 1.82) is 0 Å². The van der Waals surface area contributed by atoms with Crippen molar-refractivity contribution in [2.24, 2.45) is 0 Å². The van der Waals surface area contributed by atoms with Crippen molar-refractivity contribution in [2.45, 2.75) is 38.8 Å². The van der Waals surface area contributed by atoms with Crippen molar-refractivity contribution >= 4 is 29.3 Å². The molecule has 7 nitrogen and oxygen atoms in total. The topological polar surface area (TPSA) is 80.6 Å². The van der Waals surface area contributed by atoms with E-state index in [0.29, 0.717) is 41.5 Å². The summed E-state index contributed by atoms with van der Waals surface area (Å²) in [5.41, 5.74) is 2.87. The normalized spacial score (nSPS) is 19.0. The number of aryl methyl sites for hydroxylation is 2. The summed E-state index contributed by atoms with van der Waals surface area (Å²) >= 11 is 5.98. The van der Waals surface area contributed by atoms with Crippen molar-refractivity contribution in [3.63, 3.8) is 0 Å². The van der Waals surface area contributed by atoms with Gasteiger partial charge in [-0.05, 0) is 50.1 Å². The number of fused-ring (bicyclic) bond motifs is 2. The Hall–Kier alpha value is -3.58. The van der Waals surface area contributed by atoms with Gasteiger partial charge in [0.2, 0.25) is 0 Å². The highest BCUT2D eigenvalue weighted by Crippen LogP contribution is 2.41. The van der Waals surface area contributed by atoms with Gasteiger partial charge in [-0.3, -0.25) is 14.5 Å². The Labute approximate surface area is 208 Å². The summed E-state index contributed by atoms with van der Waals surface area (Å²) in [6.45, 7) is 4.55. The molecule has 2 aromatic carbocycles. The molecule has 0 saturated carbocycles. The maximum atomic E-state index is 13.5. The maximum absolute atomic E-state index is 13.5. The zero-order valence-electron chi connectivity index (χ0n) is 19.6. The lowest BCUT2D eigenvalue weighted by Crippen LogP contribution is -2.47. The van der Waals surface area contributed by atoms with Crippen LogP contribution in [0.5, 0.6) is 5.75 Å². The number of ketones is 1. The number of Topliss-reactive ketones (excluding diaryl/α,β-unsaturated/α-hetero) is 1. The number of rotatable bonds is 6. The van der Waals surface area contributed by atoms with E-state index < -0.39 is 17.5 Å². The van der Waals surface area contributed by atoms with Crippen LogP contribution in [0.2, 0.25) is 5.02 Å². The number of benzene rings is 2. The highest BCUT2D eigenvalue weighted by Gasteiger charge is 2.55. The number of nitrogens with one attached hydrogen (secondary N) is 1. The molecule has 180 valence electrons. The van der Waals surface area contributed by atoms with Gasteiger partial charge < -0.3 is 14.6 Å². The van der Waals surface area contributed by atoms with Gasteiger partial charge in [0.1, 0.15) is 5.75 Å². The second-order valence-electron chi connectivity index (χ2n) is 9.06. The molecule has 1 atom stereocenters. The first-order valence-electron chi connectivity index (χ1n) is 11.6. The third-order valence-electron chi connectivity index (χ3n) is 6.97. The number of urea groups is 1. The Morgan fingerprint density at radius 3 is 2.63 bits per heavy atom. The minimum absolute atomic E-state index is 0.267. The van der Waals surface area contributed by atoms with Crippen LogP contribution in [0.15, 0.2) is 54.6 Å². The number of amides is 3.